The second-order valence-electron chi connectivity index (χ2n) is 4.50. The standard InChI is InChI=1S/C10H19NO3/c1-8(12)11-5-4-9(6-11)14-7-10(2,3)13/h9,13H,4-7H2,1-3H3. The number of likely N-dealkylation sites (tertiary alicyclic amines) is 1. The van der Waals surface area contributed by atoms with Crippen LogP contribution in [0.4, 0.5) is 0 Å². The van der Waals surface area contributed by atoms with Crippen LogP contribution in [-0.2, 0) is 9.53 Å². The second-order valence-corrected chi connectivity index (χ2v) is 4.50. The van der Waals surface area contributed by atoms with Crippen molar-refractivity contribution in [3.63, 3.8) is 0 Å². The van der Waals surface area contributed by atoms with Crippen LogP contribution < -0.4 is 0 Å². The summed E-state index contributed by atoms with van der Waals surface area (Å²) in [4.78, 5) is 12.8. The zero-order valence-corrected chi connectivity index (χ0v) is 9.12. The van der Waals surface area contributed by atoms with Crippen molar-refractivity contribution in [1.29, 1.82) is 0 Å². The minimum Gasteiger partial charge on any atom is -0.388 e. The lowest BCUT2D eigenvalue weighted by molar-refractivity contribution is -0.128. The van der Waals surface area contributed by atoms with E-state index in [0.717, 1.165) is 13.0 Å². The fourth-order valence-electron chi connectivity index (χ4n) is 1.47. The van der Waals surface area contributed by atoms with Gasteiger partial charge in [0.15, 0.2) is 0 Å². The molecule has 14 heavy (non-hydrogen) atoms. The maximum Gasteiger partial charge on any atom is 0.219 e. The summed E-state index contributed by atoms with van der Waals surface area (Å²) in [6.45, 7) is 6.74. The van der Waals surface area contributed by atoms with Gasteiger partial charge in [-0.15, -0.1) is 0 Å². The lowest BCUT2D eigenvalue weighted by atomic mass is 10.1. The molecule has 1 rings (SSSR count). The fourth-order valence-corrected chi connectivity index (χ4v) is 1.47. The Balaban J connectivity index is 2.26. The van der Waals surface area contributed by atoms with Crippen molar-refractivity contribution >= 4 is 5.91 Å². The van der Waals surface area contributed by atoms with Gasteiger partial charge in [0.1, 0.15) is 0 Å². The zero-order valence-electron chi connectivity index (χ0n) is 9.12. The Hall–Kier alpha value is -0.610. The van der Waals surface area contributed by atoms with Gasteiger partial charge in [-0.25, -0.2) is 0 Å². The normalized spacial score (nSPS) is 22.9. The number of carbonyl (C=O) groups excluding carboxylic acids is 1. The molecule has 0 aromatic carbocycles. The van der Waals surface area contributed by atoms with E-state index in [1.807, 2.05) is 0 Å². The van der Waals surface area contributed by atoms with Crippen molar-refractivity contribution in [3.05, 3.63) is 0 Å². The highest BCUT2D eigenvalue weighted by Gasteiger charge is 2.26. The molecule has 1 atom stereocenters. The van der Waals surface area contributed by atoms with E-state index in [-0.39, 0.29) is 12.0 Å². The minimum absolute atomic E-state index is 0.0883. The summed E-state index contributed by atoms with van der Waals surface area (Å²) in [6, 6.07) is 0. The molecule has 0 radical (unpaired) electrons. The molecule has 1 N–H and O–H groups in total. The molecule has 1 aliphatic heterocycles. The summed E-state index contributed by atoms with van der Waals surface area (Å²) in [7, 11) is 0. The molecule has 1 heterocycles. The molecule has 1 saturated heterocycles. The Morgan fingerprint density at radius 1 is 1.64 bits per heavy atom. The molecule has 4 nitrogen and oxygen atoms in total. The minimum atomic E-state index is -0.788. The van der Waals surface area contributed by atoms with Gasteiger partial charge >= 0.3 is 0 Å². The van der Waals surface area contributed by atoms with Gasteiger partial charge in [-0.2, -0.15) is 0 Å². The van der Waals surface area contributed by atoms with Crippen molar-refractivity contribution in [2.45, 2.75) is 38.9 Å². The number of amides is 1. The number of hydrogen-bond donors (Lipinski definition) is 1. The zero-order chi connectivity index (χ0) is 10.8. The van der Waals surface area contributed by atoms with Gasteiger partial charge in [0.25, 0.3) is 0 Å². The van der Waals surface area contributed by atoms with E-state index in [4.69, 9.17) is 4.74 Å². The van der Waals surface area contributed by atoms with Crippen LogP contribution in [-0.4, -0.2) is 47.3 Å². The molecule has 1 unspecified atom stereocenters. The van der Waals surface area contributed by atoms with Crippen LogP contribution in [0.15, 0.2) is 0 Å². The number of rotatable bonds is 3. The second kappa shape index (κ2) is 4.28. The van der Waals surface area contributed by atoms with E-state index in [1.54, 1.807) is 25.7 Å². The monoisotopic (exact) mass is 201 g/mol. The van der Waals surface area contributed by atoms with E-state index < -0.39 is 5.60 Å². The van der Waals surface area contributed by atoms with Gasteiger partial charge in [-0.05, 0) is 20.3 Å². The van der Waals surface area contributed by atoms with Gasteiger partial charge in [-0.3, -0.25) is 4.79 Å². The molecule has 0 saturated carbocycles. The topological polar surface area (TPSA) is 49.8 Å². The first-order valence-corrected chi connectivity index (χ1v) is 4.98. The number of nitrogens with zero attached hydrogens (tertiary/aromatic N) is 1. The van der Waals surface area contributed by atoms with Crippen molar-refractivity contribution in [2.75, 3.05) is 19.7 Å². The van der Waals surface area contributed by atoms with E-state index in [1.165, 1.54) is 0 Å². The average molecular weight is 201 g/mol. The molecule has 4 heteroatoms. The first-order chi connectivity index (χ1) is 6.38. The summed E-state index contributed by atoms with van der Waals surface area (Å²) in [6.07, 6.45) is 0.959. The highest BCUT2D eigenvalue weighted by atomic mass is 16.5. The van der Waals surface area contributed by atoms with E-state index in [2.05, 4.69) is 0 Å². The third-order valence-corrected chi connectivity index (χ3v) is 2.26. The lowest BCUT2D eigenvalue weighted by Gasteiger charge is -2.20. The first kappa shape index (κ1) is 11.5. The van der Waals surface area contributed by atoms with Crippen LogP contribution in [0, 0.1) is 0 Å². The van der Waals surface area contributed by atoms with Crippen LogP contribution in [0.2, 0.25) is 0 Å². The number of ether oxygens (including phenoxy) is 1. The van der Waals surface area contributed by atoms with Crippen molar-refractivity contribution in [1.82, 2.24) is 4.90 Å². The van der Waals surface area contributed by atoms with Crippen molar-refractivity contribution in [2.24, 2.45) is 0 Å². The highest BCUT2D eigenvalue weighted by Crippen LogP contribution is 2.14. The van der Waals surface area contributed by atoms with Gasteiger partial charge in [-0.1, -0.05) is 0 Å². The highest BCUT2D eigenvalue weighted by molar-refractivity contribution is 5.73. The molecular formula is C10H19NO3. The van der Waals surface area contributed by atoms with Gasteiger partial charge in [0.2, 0.25) is 5.91 Å². The maximum atomic E-state index is 11.0. The Labute approximate surface area is 84.8 Å². The van der Waals surface area contributed by atoms with Crippen LogP contribution >= 0.6 is 0 Å². The fraction of sp³-hybridized carbons (Fsp3) is 0.900. The summed E-state index contributed by atoms with van der Waals surface area (Å²) in [5.74, 6) is 0.0966. The Morgan fingerprint density at radius 2 is 2.29 bits per heavy atom. The quantitative estimate of drug-likeness (QED) is 0.719. The average Bonchev–Trinajstić information content (AvgIpc) is 2.47. The molecule has 0 aromatic rings. The molecule has 82 valence electrons. The molecule has 0 bridgehead atoms. The predicted octanol–water partition coefficient (Wildman–Crippen LogP) is 0.395. The van der Waals surface area contributed by atoms with Crippen LogP contribution in [0.3, 0.4) is 0 Å². The molecule has 1 amide bonds. The van der Waals surface area contributed by atoms with E-state index in [0.29, 0.717) is 13.2 Å². The molecule has 0 aromatic heterocycles. The number of aliphatic hydroxyl groups is 1. The smallest absolute Gasteiger partial charge is 0.219 e. The predicted molar refractivity (Wildman–Crippen MR) is 52.9 cm³/mol. The van der Waals surface area contributed by atoms with E-state index >= 15 is 0 Å². The van der Waals surface area contributed by atoms with Crippen molar-refractivity contribution in [3.8, 4) is 0 Å². The molecule has 0 spiro atoms. The largest absolute Gasteiger partial charge is 0.388 e. The van der Waals surface area contributed by atoms with Crippen LogP contribution in [0.1, 0.15) is 27.2 Å². The third kappa shape index (κ3) is 3.64. The lowest BCUT2D eigenvalue weighted by Crippen LogP contribution is -2.32. The van der Waals surface area contributed by atoms with E-state index in [9.17, 15) is 9.90 Å². The summed E-state index contributed by atoms with van der Waals surface area (Å²) in [5.41, 5.74) is -0.788. The SMILES string of the molecule is CC(=O)N1CCC(OCC(C)(C)O)C1. The Bertz CT molecular complexity index is 210. The molecule has 1 fully saturated rings. The molecule has 1 aliphatic rings. The molecular weight excluding hydrogens is 182 g/mol. The summed E-state index contributed by atoms with van der Waals surface area (Å²) in [5, 5.41) is 9.45. The summed E-state index contributed by atoms with van der Waals surface area (Å²) >= 11 is 0. The number of hydrogen-bond acceptors (Lipinski definition) is 3. The first-order valence-electron chi connectivity index (χ1n) is 4.98. The van der Waals surface area contributed by atoms with Gasteiger partial charge < -0.3 is 14.7 Å². The summed E-state index contributed by atoms with van der Waals surface area (Å²) < 4.78 is 5.50. The van der Waals surface area contributed by atoms with Crippen LogP contribution in [0.25, 0.3) is 0 Å². The van der Waals surface area contributed by atoms with Gasteiger partial charge in [0.05, 0.1) is 18.3 Å². The number of carbonyl (C=O) groups is 1. The Morgan fingerprint density at radius 3 is 2.71 bits per heavy atom. The maximum absolute atomic E-state index is 11.0. The Kier molecular flexibility index (Phi) is 3.50. The third-order valence-electron chi connectivity index (χ3n) is 2.26. The van der Waals surface area contributed by atoms with Crippen molar-refractivity contribution < 1.29 is 14.6 Å². The molecule has 0 aliphatic carbocycles. The van der Waals surface area contributed by atoms with Crippen LogP contribution in [0.5, 0.6) is 0 Å². The van der Waals surface area contributed by atoms with Gasteiger partial charge in [0, 0.05) is 20.0 Å².